The van der Waals surface area contributed by atoms with Crippen molar-refractivity contribution in [2.45, 2.75) is 83.5 Å². The Kier molecular flexibility index (Phi) is 10.3. The normalized spacial score (nSPS) is 22.5. The van der Waals surface area contributed by atoms with Gasteiger partial charge in [-0.1, -0.05) is 18.2 Å². The first-order valence-corrected chi connectivity index (χ1v) is 18.7. The van der Waals surface area contributed by atoms with E-state index in [0.29, 0.717) is 22.2 Å². The van der Waals surface area contributed by atoms with Crippen LogP contribution in [-0.4, -0.2) is 74.0 Å². The van der Waals surface area contributed by atoms with Crippen molar-refractivity contribution in [2.75, 3.05) is 48.7 Å². The lowest BCUT2D eigenvalue weighted by molar-refractivity contribution is -0.127. The summed E-state index contributed by atoms with van der Waals surface area (Å²) in [7, 11) is -3.14. The van der Waals surface area contributed by atoms with Gasteiger partial charge in [0.25, 0.3) is 0 Å². The van der Waals surface area contributed by atoms with Gasteiger partial charge >= 0.3 is 6.18 Å². The highest BCUT2D eigenvalue weighted by atomic mass is 32.2. The monoisotopic (exact) mass is 672 g/mol. The van der Waals surface area contributed by atoms with Gasteiger partial charge in [-0.2, -0.15) is 13.2 Å². The third kappa shape index (κ3) is 8.94. The minimum Gasteiger partial charge on any atom is -0.385 e. The number of hydrogen-bond donors (Lipinski definition) is 2. The van der Waals surface area contributed by atoms with Crippen molar-refractivity contribution in [1.29, 1.82) is 0 Å². The first kappa shape index (κ1) is 33.9. The molecule has 2 N–H and O–H groups in total. The molecule has 47 heavy (non-hydrogen) atoms. The van der Waals surface area contributed by atoms with Crippen LogP contribution in [-0.2, 0) is 23.0 Å². The van der Waals surface area contributed by atoms with Crippen LogP contribution in [0, 0.1) is 11.3 Å². The Morgan fingerprint density at radius 3 is 2.21 bits per heavy atom. The third-order valence-electron chi connectivity index (χ3n) is 10.7. The molecule has 1 saturated carbocycles. The average molecular weight is 673 g/mol. The van der Waals surface area contributed by atoms with Gasteiger partial charge < -0.3 is 10.2 Å². The molecule has 3 aliphatic rings. The molecule has 0 unspecified atom stereocenters. The molecule has 8 nitrogen and oxygen atoms in total. The largest absolute Gasteiger partial charge is 0.393 e. The molecule has 0 amide bonds. The van der Waals surface area contributed by atoms with Gasteiger partial charge in [-0.25, -0.2) is 23.1 Å². The molecule has 1 aromatic heterocycles. The minimum atomic E-state index is -4.25. The van der Waals surface area contributed by atoms with E-state index >= 15 is 0 Å². The zero-order valence-electron chi connectivity index (χ0n) is 27.2. The summed E-state index contributed by atoms with van der Waals surface area (Å²) in [6.45, 7) is 7.35. The van der Waals surface area contributed by atoms with E-state index in [0.717, 1.165) is 102 Å². The van der Waals surface area contributed by atoms with Crippen molar-refractivity contribution in [2.24, 2.45) is 11.3 Å². The average Bonchev–Trinajstić information content (AvgIpc) is 3.05. The van der Waals surface area contributed by atoms with Gasteiger partial charge in [0, 0.05) is 43.3 Å². The summed E-state index contributed by atoms with van der Waals surface area (Å²) in [6.07, 6.45) is 4.60. The van der Waals surface area contributed by atoms with Crippen LogP contribution in [0.1, 0.15) is 69.4 Å². The molecule has 3 aromatic rings. The van der Waals surface area contributed by atoms with Crippen molar-refractivity contribution in [3.8, 4) is 0 Å². The molecular weight excluding hydrogens is 625 g/mol. The maximum absolute atomic E-state index is 13.0. The minimum absolute atomic E-state index is 0.0732. The zero-order chi connectivity index (χ0) is 33.1. The van der Waals surface area contributed by atoms with Crippen molar-refractivity contribution in [3.05, 3.63) is 59.9 Å². The molecule has 2 aromatic carbocycles. The number of anilines is 2. The zero-order valence-corrected chi connectivity index (χ0v) is 28.1. The summed E-state index contributed by atoms with van der Waals surface area (Å²) < 4.78 is 65.7. The summed E-state index contributed by atoms with van der Waals surface area (Å²) in [5.74, 6) is 1.44. The number of nitrogens with one attached hydrogen (secondary N) is 2. The van der Waals surface area contributed by atoms with E-state index in [-0.39, 0.29) is 17.4 Å². The number of nitrogens with zero attached hydrogens (tertiary/aromatic N) is 4. The number of alkyl halides is 3. The van der Waals surface area contributed by atoms with E-state index in [1.54, 1.807) is 19.1 Å². The number of fused-ring (bicyclic) bond motifs is 1. The molecular formula is C35H47F3N6O2S. The molecule has 1 aliphatic carbocycles. The second-order valence-electron chi connectivity index (χ2n) is 13.9. The van der Waals surface area contributed by atoms with Crippen molar-refractivity contribution >= 4 is 32.4 Å². The van der Waals surface area contributed by atoms with Gasteiger partial charge in [0.1, 0.15) is 12.1 Å². The standard InChI is InChI=1S/C35H47F3N6O2S/c1-2-47(45,46)42-30-10-3-26(4-11-30)23-39-29-8-5-27(6-9-29)24-43-17-13-34(14-18-43)15-19-44(20-16-34)33-31-21-28(22-35(36,37)38)7-12-32(31)40-25-41-33/h5-9,12,21,25-26,30,39,42H,2-4,10-11,13-20,22-24H2,1H3/t26-,30-. The van der Waals surface area contributed by atoms with Crippen molar-refractivity contribution in [1.82, 2.24) is 19.6 Å². The number of piperidine rings is 2. The fraction of sp³-hybridized carbons (Fsp3) is 0.600. The highest BCUT2D eigenvalue weighted by Crippen LogP contribution is 2.43. The van der Waals surface area contributed by atoms with Gasteiger partial charge in [-0.3, -0.25) is 4.90 Å². The third-order valence-corrected chi connectivity index (χ3v) is 12.1. The van der Waals surface area contributed by atoms with Gasteiger partial charge in [-0.05, 0) is 118 Å². The lowest BCUT2D eigenvalue weighted by Gasteiger charge is -2.47. The first-order valence-electron chi connectivity index (χ1n) is 17.1. The fourth-order valence-electron chi connectivity index (χ4n) is 7.63. The molecule has 0 atom stereocenters. The quantitative estimate of drug-likeness (QED) is 0.253. The number of aromatic nitrogens is 2. The van der Waals surface area contributed by atoms with Crippen LogP contribution in [0.3, 0.4) is 0 Å². The Bertz CT molecular complexity index is 1590. The van der Waals surface area contributed by atoms with Crippen LogP contribution in [0.25, 0.3) is 10.9 Å². The summed E-state index contributed by atoms with van der Waals surface area (Å²) >= 11 is 0. The van der Waals surface area contributed by atoms with E-state index in [4.69, 9.17) is 0 Å². The second kappa shape index (κ2) is 14.3. The van der Waals surface area contributed by atoms with Crippen molar-refractivity contribution in [3.63, 3.8) is 0 Å². The Morgan fingerprint density at radius 2 is 1.55 bits per heavy atom. The smallest absolute Gasteiger partial charge is 0.385 e. The molecule has 0 radical (unpaired) electrons. The highest BCUT2D eigenvalue weighted by molar-refractivity contribution is 7.89. The SMILES string of the molecule is CCS(=O)(=O)N[C@H]1CC[C@H](CNc2ccc(CN3CCC4(CC3)CCN(c3ncnc5ccc(CC(F)(F)F)cc35)CC4)cc2)CC1. The number of sulfonamides is 1. The lowest BCUT2D eigenvalue weighted by atomic mass is 9.71. The summed E-state index contributed by atoms with van der Waals surface area (Å²) in [5, 5.41) is 4.28. The molecule has 0 bridgehead atoms. The van der Waals surface area contributed by atoms with Crippen LogP contribution >= 0.6 is 0 Å². The van der Waals surface area contributed by atoms with E-state index in [1.807, 2.05) is 0 Å². The Hall–Kier alpha value is -2.96. The molecule has 1 spiro atoms. The Morgan fingerprint density at radius 1 is 0.894 bits per heavy atom. The Labute approximate surface area is 276 Å². The van der Waals surface area contributed by atoms with Gasteiger partial charge in [-0.15, -0.1) is 0 Å². The van der Waals surface area contributed by atoms with Crippen LogP contribution in [0.4, 0.5) is 24.7 Å². The molecule has 2 aliphatic heterocycles. The maximum Gasteiger partial charge on any atom is 0.393 e. The topological polar surface area (TPSA) is 90.5 Å². The molecule has 12 heteroatoms. The van der Waals surface area contributed by atoms with E-state index in [2.05, 4.69) is 54.1 Å². The molecule has 6 rings (SSSR count). The number of rotatable bonds is 10. The van der Waals surface area contributed by atoms with Crippen LogP contribution in [0.15, 0.2) is 48.8 Å². The van der Waals surface area contributed by atoms with Crippen LogP contribution in [0.5, 0.6) is 0 Å². The Balaban J connectivity index is 0.943. The number of halogens is 3. The number of benzene rings is 2. The van der Waals surface area contributed by atoms with Gasteiger partial charge in [0.2, 0.25) is 10.0 Å². The van der Waals surface area contributed by atoms with Gasteiger partial charge in [0.05, 0.1) is 17.7 Å². The first-order chi connectivity index (χ1) is 22.5. The lowest BCUT2D eigenvalue weighted by Crippen LogP contribution is -2.46. The number of likely N-dealkylation sites (tertiary alicyclic amines) is 1. The predicted molar refractivity (Wildman–Crippen MR) is 181 cm³/mol. The molecule has 256 valence electrons. The van der Waals surface area contributed by atoms with Crippen molar-refractivity contribution < 1.29 is 21.6 Å². The number of hydrogen-bond acceptors (Lipinski definition) is 7. The second-order valence-corrected chi connectivity index (χ2v) is 16.0. The summed E-state index contributed by atoms with van der Waals surface area (Å²) in [6, 6.07) is 13.6. The molecule has 3 heterocycles. The predicted octanol–water partition coefficient (Wildman–Crippen LogP) is 6.53. The fourth-order valence-corrected chi connectivity index (χ4v) is 8.54. The van der Waals surface area contributed by atoms with E-state index in [9.17, 15) is 21.6 Å². The van der Waals surface area contributed by atoms with Crippen LogP contribution in [0.2, 0.25) is 0 Å². The molecule has 2 saturated heterocycles. The summed E-state index contributed by atoms with van der Waals surface area (Å²) in [5.41, 5.74) is 3.66. The molecule has 3 fully saturated rings. The van der Waals surface area contributed by atoms with Crippen LogP contribution < -0.4 is 14.9 Å². The van der Waals surface area contributed by atoms with E-state index in [1.165, 1.54) is 18.0 Å². The highest BCUT2D eigenvalue weighted by Gasteiger charge is 2.38. The van der Waals surface area contributed by atoms with E-state index < -0.39 is 22.6 Å². The van der Waals surface area contributed by atoms with Gasteiger partial charge in [0.15, 0.2) is 0 Å². The maximum atomic E-state index is 13.0. The summed E-state index contributed by atoms with van der Waals surface area (Å²) in [4.78, 5) is 13.6.